The zero-order chi connectivity index (χ0) is 33.1. The van der Waals surface area contributed by atoms with Gasteiger partial charge in [0.1, 0.15) is 11.2 Å². The summed E-state index contributed by atoms with van der Waals surface area (Å²) in [4.78, 5) is 0. The predicted octanol–water partition coefficient (Wildman–Crippen LogP) is 13.8. The number of hydrogen-bond acceptors (Lipinski definition) is 1. The molecule has 0 N–H and O–H groups in total. The second-order valence-electron chi connectivity index (χ2n) is 14.4. The van der Waals surface area contributed by atoms with Crippen LogP contribution in [0, 0.1) is 0 Å². The van der Waals surface area contributed by atoms with E-state index in [0.29, 0.717) is 0 Å². The van der Waals surface area contributed by atoms with Gasteiger partial charge in [0.25, 0.3) is 0 Å². The molecule has 9 aromatic carbocycles. The lowest BCUT2D eigenvalue weighted by Gasteiger charge is -2.22. The number of hydrogen-bond donors (Lipinski definition) is 0. The topological polar surface area (TPSA) is 13.1 Å². The van der Waals surface area contributed by atoms with Crippen LogP contribution in [-0.4, -0.2) is 0 Å². The molecule has 0 saturated carbocycles. The highest BCUT2D eigenvalue weighted by atomic mass is 16.3. The van der Waals surface area contributed by atoms with Gasteiger partial charge < -0.3 is 4.42 Å². The van der Waals surface area contributed by atoms with Gasteiger partial charge in [-0.3, -0.25) is 0 Å². The monoisotopic (exact) mass is 636 g/mol. The Labute approximate surface area is 290 Å². The molecule has 10 aromatic rings. The lowest BCUT2D eigenvalue weighted by atomic mass is 9.80. The molecule has 1 aliphatic carbocycles. The van der Waals surface area contributed by atoms with E-state index in [1.807, 2.05) is 0 Å². The SMILES string of the molecule is CC1(C)c2ccc3ccccc3c2-c2ccc3oc4cc(-c5c6ccccc6c(-c6ccc7ccccc7c6)c6ccccc56)ccc4c3c21. The van der Waals surface area contributed by atoms with Crippen LogP contribution in [0.15, 0.2) is 162 Å². The van der Waals surface area contributed by atoms with Crippen molar-refractivity contribution in [2.75, 3.05) is 0 Å². The maximum atomic E-state index is 6.78. The molecule has 50 heavy (non-hydrogen) atoms. The molecular formula is C49H32O. The Morgan fingerprint density at radius 2 is 0.960 bits per heavy atom. The van der Waals surface area contributed by atoms with Gasteiger partial charge in [-0.05, 0) is 112 Å². The zero-order valence-electron chi connectivity index (χ0n) is 27.9. The summed E-state index contributed by atoms with van der Waals surface area (Å²) in [6.07, 6.45) is 0. The van der Waals surface area contributed by atoms with Crippen molar-refractivity contribution in [1.82, 2.24) is 0 Å². The Morgan fingerprint density at radius 3 is 1.66 bits per heavy atom. The molecule has 1 nitrogen and oxygen atoms in total. The number of fused-ring (bicyclic) bond motifs is 12. The lowest BCUT2D eigenvalue weighted by molar-refractivity contribution is 0.657. The molecule has 0 unspecified atom stereocenters. The van der Waals surface area contributed by atoms with Crippen LogP contribution < -0.4 is 0 Å². The molecule has 0 fully saturated rings. The second kappa shape index (κ2) is 9.94. The third kappa shape index (κ3) is 3.67. The van der Waals surface area contributed by atoms with Gasteiger partial charge in [0.2, 0.25) is 0 Å². The summed E-state index contributed by atoms with van der Waals surface area (Å²) in [5.74, 6) is 0. The molecule has 0 spiro atoms. The summed E-state index contributed by atoms with van der Waals surface area (Å²) in [5.41, 5.74) is 12.1. The highest BCUT2D eigenvalue weighted by Gasteiger charge is 2.39. The molecule has 1 heteroatoms. The van der Waals surface area contributed by atoms with Crippen molar-refractivity contribution in [2.45, 2.75) is 19.3 Å². The number of benzene rings is 9. The van der Waals surface area contributed by atoms with Crippen LogP contribution in [0.2, 0.25) is 0 Å². The van der Waals surface area contributed by atoms with Crippen molar-refractivity contribution in [3.63, 3.8) is 0 Å². The van der Waals surface area contributed by atoms with Gasteiger partial charge in [-0.2, -0.15) is 0 Å². The van der Waals surface area contributed by atoms with E-state index in [4.69, 9.17) is 4.42 Å². The van der Waals surface area contributed by atoms with Gasteiger partial charge in [0.15, 0.2) is 0 Å². The van der Waals surface area contributed by atoms with Crippen LogP contribution in [0.4, 0.5) is 0 Å². The third-order valence-electron chi connectivity index (χ3n) is 11.4. The fraction of sp³-hybridized carbons (Fsp3) is 0.0612. The summed E-state index contributed by atoms with van der Waals surface area (Å²) in [5, 5.41) is 12.5. The van der Waals surface area contributed by atoms with Crippen molar-refractivity contribution < 1.29 is 4.42 Å². The quantitative estimate of drug-likeness (QED) is 0.172. The molecule has 0 bridgehead atoms. The highest BCUT2D eigenvalue weighted by molar-refractivity contribution is 6.22. The molecule has 0 radical (unpaired) electrons. The van der Waals surface area contributed by atoms with Crippen LogP contribution >= 0.6 is 0 Å². The van der Waals surface area contributed by atoms with Crippen LogP contribution in [0.3, 0.4) is 0 Å². The molecule has 0 atom stereocenters. The van der Waals surface area contributed by atoms with E-state index in [9.17, 15) is 0 Å². The molecule has 0 aliphatic heterocycles. The van der Waals surface area contributed by atoms with Crippen molar-refractivity contribution in [2.24, 2.45) is 0 Å². The second-order valence-corrected chi connectivity index (χ2v) is 14.4. The van der Waals surface area contributed by atoms with E-state index < -0.39 is 0 Å². The van der Waals surface area contributed by atoms with Gasteiger partial charge in [-0.1, -0.05) is 147 Å². The van der Waals surface area contributed by atoms with Gasteiger partial charge in [0, 0.05) is 16.2 Å². The summed E-state index contributed by atoms with van der Waals surface area (Å²) >= 11 is 0. The van der Waals surface area contributed by atoms with E-state index in [-0.39, 0.29) is 5.41 Å². The van der Waals surface area contributed by atoms with E-state index >= 15 is 0 Å². The zero-order valence-corrected chi connectivity index (χ0v) is 27.9. The van der Waals surface area contributed by atoms with E-state index in [1.54, 1.807) is 0 Å². The van der Waals surface area contributed by atoms with Crippen molar-refractivity contribution in [3.8, 4) is 33.4 Å². The molecule has 1 aliphatic rings. The minimum atomic E-state index is -0.158. The maximum absolute atomic E-state index is 6.78. The van der Waals surface area contributed by atoms with Crippen molar-refractivity contribution >= 4 is 65.0 Å². The molecular weight excluding hydrogens is 605 g/mol. The largest absolute Gasteiger partial charge is 0.456 e. The number of furan rings is 1. The smallest absolute Gasteiger partial charge is 0.136 e. The molecule has 0 saturated heterocycles. The first-order valence-corrected chi connectivity index (χ1v) is 17.5. The Hall–Kier alpha value is -6.18. The van der Waals surface area contributed by atoms with E-state index in [2.05, 4.69) is 172 Å². The average Bonchev–Trinajstić information content (AvgIpc) is 3.64. The maximum Gasteiger partial charge on any atom is 0.136 e. The molecule has 1 aromatic heterocycles. The normalized spacial score (nSPS) is 13.6. The summed E-state index contributed by atoms with van der Waals surface area (Å²) in [6, 6.07) is 58.0. The van der Waals surface area contributed by atoms with E-state index in [1.165, 1.54) is 98.4 Å². The van der Waals surface area contributed by atoms with Gasteiger partial charge in [-0.15, -0.1) is 0 Å². The molecule has 0 amide bonds. The minimum absolute atomic E-state index is 0.158. The van der Waals surface area contributed by atoms with Gasteiger partial charge in [-0.25, -0.2) is 0 Å². The summed E-state index contributed by atoms with van der Waals surface area (Å²) < 4.78 is 6.78. The first kappa shape index (κ1) is 27.7. The average molecular weight is 637 g/mol. The van der Waals surface area contributed by atoms with Gasteiger partial charge in [0.05, 0.1) is 0 Å². The van der Waals surface area contributed by atoms with Crippen LogP contribution in [0.5, 0.6) is 0 Å². The Kier molecular flexibility index (Phi) is 5.51. The van der Waals surface area contributed by atoms with Crippen LogP contribution in [0.1, 0.15) is 25.0 Å². The lowest BCUT2D eigenvalue weighted by Crippen LogP contribution is -2.15. The van der Waals surface area contributed by atoms with E-state index in [0.717, 1.165) is 11.2 Å². The predicted molar refractivity (Wildman–Crippen MR) is 212 cm³/mol. The Balaban J connectivity index is 1.16. The molecule has 1 heterocycles. The minimum Gasteiger partial charge on any atom is -0.456 e. The van der Waals surface area contributed by atoms with Gasteiger partial charge >= 0.3 is 0 Å². The highest BCUT2D eigenvalue weighted by Crippen LogP contribution is 2.55. The summed E-state index contributed by atoms with van der Waals surface area (Å²) in [7, 11) is 0. The fourth-order valence-corrected chi connectivity index (χ4v) is 9.19. The van der Waals surface area contributed by atoms with Crippen LogP contribution in [0.25, 0.3) is 98.4 Å². The fourth-order valence-electron chi connectivity index (χ4n) is 9.19. The Morgan fingerprint density at radius 1 is 0.400 bits per heavy atom. The van der Waals surface area contributed by atoms with Crippen molar-refractivity contribution in [1.29, 1.82) is 0 Å². The molecule has 234 valence electrons. The Bertz CT molecular complexity index is 3010. The first-order valence-electron chi connectivity index (χ1n) is 17.5. The number of rotatable bonds is 2. The first-order chi connectivity index (χ1) is 24.6. The standard InChI is InChI=1S/C49H32O/c1-49(2)41-25-22-30-12-5-6-14-34(30)46(41)40-24-26-42-47(48(40)49)39-23-21-33(28-43(39)50-42)45-37-17-9-7-15-35(37)44(36-16-8-10-18-38(36)45)32-20-19-29-11-3-4-13-31(29)27-32/h3-28H,1-2H3. The summed E-state index contributed by atoms with van der Waals surface area (Å²) in [6.45, 7) is 4.74. The molecule has 11 rings (SSSR count). The van der Waals surface area contributed by atoms with Crippen molar-refractivity contribution in [3.05, 3.63) is 169 Å². The van der Waals surface area contributed by atoms with Crippen LogP contribution in [-0.2, 0) is 5.41 Å². The third-order valence-corrected chi connectivity index (χ3v) is 11.4.